The number of rotatable bonds is 9. The van der Waals surface area contributed by atoms with E-state index in [-0.39, 0.29) is 11.1 Å². The van der Waals surface area contributed by atoms with Gasteiger partial charge in [0.15, 0.2) is 11.2 Å². The molecule has 0 amide bonds. The maximum Gasteiger partial charge on any atom is 0.278 e. The normalized spacial score (nSPS) is 37.4. The lowest BCUT2D eigenvalue weighted by atomic mass is 9.68. The van der Waals surface area contributed by atoms with Crippen molar-refractivity contribution in [1.29, 1.82) is 0 Å². The summed E-state index contributed by atoms with van der Waals surface area (Å²) in [6.45, 7) is -2.09. The van der Waals surface area contributed by atoms with Crippen molar-refractivity contribution in [1.82, 2.24) is 0 Å². The average Bonchev–Trinajstić information content (AvgIpc) is 3.07. The summed E-state index contributed by atoms with van der Waals surface area (Å²) in [6, 6.07) is 18.3. The fraction of sp³-hybridized carbons (Fsp3) is 0.438. The molecule has 10 N–H and O–H groups in total. The third-order valence-electron chi connectivity index (χ3n) is 9.14. The Kier molecular flexibility index (Phi) is 9.57. The van der Waals surface area contributed by atoms with Crippen molar-refractivity contribution in [3.63, 3.8) is 0 Å². The minimum absolute atomic E-state index is 0.248. The highest BCUT2D eigenvalue weighted by atomic mass is 16.7. The number of nitro benzene ring substituents is 1. The van der Waals surface area contributed by atoms with Crippen molar-refractivity contribution < 1.29 is 65.5 Å². The number of hydrogen-bond acceptors (Lipinski definition) is 14. The van der Waals surface area contributed by atoms with Crippen molar-refractivity contribution >= 4 is 5.69 Å². The van der Waals surface area contributed by atoms with Crippen LogP contribution in [-0.2, 0) is 33.9 Å². The number of ether oxygens (including phenoxy) is 2. The van der Waals surface area contributed by atoms with Gasteiger partial charge in [0.1, 0.15) is 42.2 Å². The van der Waals surface area contributed by atoms with Gasteiger partial charge in [0.05, 0.1) is 18.1 Å². The molecule has 10 atom stereocenters. The molecule has 0 saturated carbocycles. The molecule has 254 valence electrons. The van der Waals surface area contributed by atoms with Gasteiger partial charge in [-0.15, -0.1) is 0 Å². The highest BCUT2D eigenvalue weighted by Gasteiger charge is 2.70. The van der Waals surface area contributed by atoms with Gasteiger partial charge in [-0.1, -0.05) is 72.8 Å². The molecule has 2 aliphatic heterocycles. The third kappa shape index (κ3) is 5.53. The van der Waals surface area contributed by atoms with Crippen LogP contribution in [0.15, 0.2) is 78.9 Å². The molecule has 0 bridgehead atoms. The highest BCUT2D eigenvalue weighted by Crippen LogP contribution is 2.54. The smallest absolute Gasteiger partial charge is 0.278 e. The molecule has 15 nitrogen and oxygen atoms in total. The first-order chi connectivity index (χ1) is 22.2. The summed E-state index contributed by atoms with van der Waals surface area (Å²) < 4.78 is 11.4. The predicted molar refractivity (Wildman–Crippen MR) is 159 cm³/mol. The first-order valence-electron chi connectivity index (χ1n) is 14.7. The Morgan fingerprint density at radius 3 is 1.49 bits per heavy atom. The molecule has 5 rings (SSSR count). The van der Waals surface area contributed by atoms with Crippen LogP contribution >= 0.6 is 0 Å². The molecule has 3 aromatic rings. The molecule has 0 unspecified atom stereocenters. The number of benzene rings is 3. The first-order valence-corrected chi connectivity index (χ1v) is 14.7. The van der Waals surface area contributed by atoms with Crippen LogP contribution in [0, 0.1) is 10.1 Å². The number of aliphatic hydroxyl groups is 10. The van der Waals surface area contributed by atoms with Crippen molar-refractivity contribution in [2.75, 3.05) is 13.2 Å². The second-order valence-electron chi connectivity index (χ2n) is 12.0. The Morgan fingerprint density at radius 2 is 1.06 bits per heavy atom. The van der Waals surface area contributed by atoms with Gasteiger partial charge in [-0.2, -0.15) is 0 Å². The molecular weight excluding hydrogens is 622 g/mol. The van der Waals surface area contributed by atoms with E-state index in [0.717, 1.165) is 18.2 Å². The molecule has 0 radical (unpaired) electrons. The van der Waals surface area contributed by atoms with E-state index in [4.69, 9.17) is 9.47 Å². The molecule has 2 aliphatic rings. The van der Waals surface area contributed by atoms with Crippen LogP contribution in [-0.4, -0.2) is 117 Å². The summed E-state index contributed by atoms with van der Waals surface area (Å²) in [4.78, 5) is 11.6. The summed E-state index contributed by atoms with van der Waals surface area (Å²) in [6.07, 6.45) is -13.8. The Hall–Kier alpha value is -3.42. The maximum atomic E-state index is 12.6. The minimum atomic E-state index is -3.48. The van der Waals surface area contributed by atoms with Gasteiger partial charge < -0.3 is 60.5 Å². The van der Waals surface area contributed by atoms with E-state index < -0.39 is 107 Å². The molecule has 3 aromatic carbocycles. The van der Waals surface area contributed by atoms with Gasteiger partial charge in [-0.05, 0) is 11.1 Å². The topological polar surface area (TPSA) is 264 Å². The van der Waals surface area contributed by atoms with E-state index in [0.29, 0.717) is 0 Å². The average molecular weight is 660 g/mol. The molecule has 2 fully saturated rings. The molecule has 0 aromatic heterocycles. The van der Waals surface area contributed by atoms with E-state index in [1.807, 2.05) is 0 Å². The molecule has 47 heavy (non-hydrogen) atoms. The van der Waals surface area contributed by atoms with Gasteiger partial charge >= 0.3 is 0 Å². The lowest BCUT2D eigenvalue weighted by Gasteiger charge is -2.56. The second kappa shape index (κ2) is 12.9. The van der Waals surface area contributed by atoms with Crippen LogP contribution in [0.3, 0.4) is 0 Å². The maximum absolute atomic E-state index is 12.6. The number of nitrogens with zero attached hydrogens (tertiary/aromatic N) is 1. The number of nitro groups is 1. The van der Waals surface area contributed by atoms with Crippen molar-refractivity contribution in [2.45, 2.75) is 72.2 Å². The standard InChI is InChI=1S/C32H37NO14/c34-16-22-25(36)27(38)29(40,14-18-8-3-1-4-9-18)31(42,46-22)20-12-7-13-21(33(44)45)24(20)32(43)30(41,15-19-10-5-2-6-11-19)28(39)26(37)23(17-35)47-32/h1-13,22-23,25-28,34-43H,14-17H2/t22-,23-,25+,26+,27+,28+,29-,30-,31-,32-/m1/s1. The van der Waals surface area contributed by atoms with Crippen molar-refractivity contribution in [3.05, 3.63) is 111 Å². The lowest BCUT2D eigenvalue weighted by Crippen LogP contribution is -2.74. The lowest BCUT2D eigenvalue weighted by molar-refractivity contribution is -0.419. The van der Waals surface area contributed by atoms with Crippen LogP contribution in [0.5, 0.6) is 0 Å². The summed E-state index contributed by atoms with van der Waals surface area (Å²) in [5.74, 6) is -6.81. The molecule has 0 spiro atoms. The third-order valence-corrected chi connectivity index (χ3v) is 9.14. The molecule has 2 saturated heterocycles. The van der Waals surface area contributed by atoms with Crippen molar-refractivity contribution in [2.24, 2.45) is 0 Å². The highest BCUT2D eigenvalue weighted by molar-refractivity contribution is 5.53. The molecule has 15 heteroatoms. The van der Waals surface area contributed by atoms with Crippen molar-refractivity contribution in [3.8, 4) is 0 Å². The quantitative estimate of drug-likeness (QED) is 0.0885. The van der Waals surface area contributed by atoms with Gasteiger partial charge in [0, 0.05) is 24.5 Å². The van der Waals surface area contributed by atoms with E-state index in [2.05, 4.69) is 0 Å². The minimum Gasteiger partial charge on any atom is -0.394 e. The summed E-state index contributed by atoms with van der Waals surface area (Å²) in [5.41, 5.74) is -8.52. The van der Waals surface area contributed by atoms with Gasteiger partial charge in [0.2, 0.25) is 11.6 Å². The van der Waals surface area contributed by atoms with E-state index in [1.54, 1.807) is 36.4 Å². The van der Waals surface area contributed by atoms with Crippen LogP contribution in [0.25, 0.3) is 0 Å². The fourth-order valence-electron chi connectivity index (χ4n) is 6.61. The first kappa shape index (κ1) is 34.9. The van der Waals surface area contributed by atoms with Gasteiger partial charge in [0.25, 0.3) is 5.69 Å². The zero-order valence-corrected chi connectivity index (χ0v) is 24.9. The second-order valence-corrected chi connectivity index (χ2v) is 12.0. The van der Waals surface area contributed by atoms with E-state index in [9.17, 15) is 61.2 Å². The monoisotopic (exact) mass is 659 g/mol. The Balaban J connectivity index is 1.83. The Labute approximate surface area is 267 Å². The Morgan fingerprint density at radius 1 is 0.638 bits per heavy atom. The van der Waals surface area contributed by atoms with Gasteiger partial charge in [-0.3, -0.25) is 10.1 Å². The largest absolute Gasteiger partial charge is 0.394 e. The van der Waals surface area contributed by atoms with E-state index >= 15 is 0 Å². The number of aliphatic hydroxyl groups excluding tert-OH is 6. The fourth-order valence-corrected chi connectivity index (χ4v) is 6.61. The summed E-state index contributed by atoms with van der Waals surface area (Å²) >= 11 is 0. The van der Waals surface area contributed by atoms with Gasteiger partial charge in [-0.25, -0.2) is 0 Å². The number of hydrogen-bond donors (Lipinski definition) is 10. The summed E-state index contributed by atoms with van der Waals surface area (Å²) in [5, 5.41) is 126. The SMILES string of the molecule is O=[N+]([O-])c1cccc([C@@]2(O)O[C@H](CO)[C@H](O)[C@H](O)[C@]2(O)Cc2ccccc2)c1[C@@]1(O)O[C@H](CO)[C@H](O)[C@H](O)[C@]1(O)Cc1ccccc1. The van der Waals surface area contributed by atoms with Crippen LogP contribution < -0.4 is 0 Å². The van der Waals surface area contributed by atoms with Crippen LogP contribution in [0.4, 0.5) is 5.69 Å². The van der Waals surface area contributed by atoms with Crippen LogP contribution in [0.1, 0.15) is 22.3 Å². The van der Waals surface area contributed by atoms with Crippen LogP contribution in [0.2, 0.25) is 0 Å². The zero-order chi connectivity index (χ0) is 34.4. The van der Waals surface area contributed by atoms with E-state index in [1.165, 1.54) is 24.3 Å². The predicted octanol–water partition coefficient (Wildman–Crippen LogP) is -1.94. The molecular formula is C32H37NO14. The zero-order valence-electron chi connectivity index (χ0n) is 24.9. The summed E-state index contributed by atoms with van der Waals surface area (Å²) in [7, 11) is 0. The Bertz CT molecular complexity index is 1560. The molecule has 0 aliphatic carbocycles. The molecule has 2 heterocycles.